The molecular formula is C30H35F2N5O. The number of nitrogens with zero attached hydrogens (tertiary/aromatic N) is 4. The van der Waals surface area contributed by atoms with Gasteiger partial charge in [0.15, 0.2) is 11.6 Å². The molecule has 3 heterocycles. The number of nitrogens with one attached hydrogen (secondary N) is 1. The SMILES string of the molecule is CC(C)N1CCOc2c(F)cc(-c3nc(Nc4ccc(C5CCN(C)CC5)c(F)c4)ncc3C3CC3)cc21. The second-order valence-corrected chi connectivity index (χ2v) is 11.2. The molecule has 38 heavy (non-hydrogen) atoms. The van der Waals surface area contributed by atoms with Crippen LogP contribution in [0.25, 0.3) is 11.3 Å². The maximum Gasteiger partial charge on any atom is 0.227 e. The Morgan fingerprint density at radius 3 is 2.42 bits per heavy atom. The number of likely N-dealkylation sites (tertiary alicyclic amines) is 1. The summed E-state index contributed by atoms with van der Waals surface area (Å²) in [4.78, 5) is 13.8. The largest absolute Gasteiger partial charge is 0.486 e. The van der Waals surface area contributed by atoms with Gasteiger partial charge in [0.2, 0.25) is 5.95 Å². The normalized spacial score (nSPS) is 18.4. The van der Waals surface area contributed by atoms with Gasteiger partial charge in [0.25, 0.3) is 0 Å². The third-order valence-electron chi connectivity index (χ3n) is 8.06. The van der Waals surface area contributed by atoms with E-state index in [0.717, 1.165) is 55.6 Å². The number of ether oxygens (including phenoxy) is 1. The Morgan fingerprint density at radius 1 is 0.947 bits per heavy atom. The smallest absolute Gasteiger partial charge is 0.227 e. The molecule has 0 atom stereocenters. The molecule has 0 amide bonds. The first-order valence-electron chi connectivity index (χ1n) is 13.7. The van der Waals surface area contributed by atoms with Crippen molar-refractivity contribution in [2.45, 2.75) is 57.4 Å². The second-order valence-electron chi connectivity index (χ2n) is 11.2. The molecule has 3 aliphatic rings. The van der Waals surface area contributed by atoms with Gasteiger partial charge in [0, 0.05) is 29.1 Å². The lowest BCUT2D eigenvalue weighted by Gasteiger charge is -2.35. The molecule has 1 saturated heterocycles. The van der Waals surface area contributed by atoms with Crippen LogP contribution in [0.1, 0.15) is 62.5 Å². The lowest BCUT2D eigenvalue weighted by atomic mass is 9.89. The van der Waals surface area contributed by atoms with E-state index in [2.05, 4.69) is 41.0 Å². The highest BCUT2D eigenvalue weighted by atomic mass is 19.1. The highest BCUT2D eigenvalue weighted by molar-refractivity contribution is 5.75. The monoisotopic (exact) mass is 519 g/mol. The first-order chi connectivity index (χ1) is 18.4. The zero-order valence-corrected chi connectivity index (χ0v) is 22.3. The quantitative estimate of drug-likeness (QED) is 0.404. The molecule has 200 valence electrons. The molecule has 1 saturated carbocycles. The van der Waals surface area contributed by atoms with Gasteiger partial charge in [0.05, 0.1) is 17.9 Å². The summed E-state index contributed by atoms with van der Waals surface area (Å²) in [5.74, 6) is 0.700. The lowest BCUT2D eigenvalue weighted by molar-refractivity contribution is 0.253. The van der Waals surface area contributed by atoms with Crippen LogP contribution in [0.5, 0.6) is 5.75 Å². The minimum absolute atomic E-state index is 0.204. The molecule has 3 aromatic rings. The van der Waals surface area contributed by atoms with Crippen LogP contribution in [0.3, 0.4) is 0 Å². The lowest BCUT2D eigenvalue weighted by Crippen LogP contribution is -2.38. The molecule has 0 radical (unpaired) electrons. The summed E-state index contributed by atoms with van der Waals surface area (Å²) < 4.78 is 36.1. The summed E-state index contributed by atoms with van der Waals surface area (Å²) in [6, 6.07) is 9.01. The molecular weight excluding hydrogens is 484 g/mol. The van der Waals surface area contributed by atoms with Gasteiger partial charge in [-0.2, -0.15) is 0 Å². The Kier molecular flexibility index (Phi) is 6.68. The van der Waals surface area contributed by atoms with Crippen molar-refractivity contribution in [3.8, 4) is 17.0 Å². The van der Waals surface area contributed by atoms with Crippen molar-refractivity contribution in [2.24, 2.45) is 0 Å². The van der Waals surface area contributed by atoms with Crippen molar-refractivity contribution >= 4 is 17.3 Å². The van der Waals surface area contributed by atoms with Crippen LogP contribution in [0, 0.1) is 11.6 Å². The fraction of sp³-hybridized carbons (Fsp3) is 0.467. The summed E-state index contributed by atoms with van der Waals surface area (Å²) in [5.41, 5.74) is 4.56. The molecule has 0 spiro atoms. The number of piperidine rings is 1. The first-order valence-corrected chi connectivity index (χ1v) is 13.7. The fourth-order valence-corrected chi connectivity index (χ4v) is 5.74. The maximum absolute atomic E-state index is 15.3. The zero-order valence-electron chi connectivity index (χ0n) is 22.3. The molecule has 8 heteroatoms. The third-order valence-corrected chi connectivity index (χ3v) is 8.06. The van der Waals surface area contributed by atoms with Crippen LogP contribution < -0.4 is 15.0 Å². The van der Waals surface area contributed by atoms with E-state index in [9.17, 15) is 0 Å². The van der Waals surface area contributed by atoms with E-state index in [-0.39, 0.29) is 23.6 Å². The molecule has 1 aliphatic carbocycles. The molecule has 1 aromatic heterocycles. The van der Waals surface area contributed by atoms with E-state index < -0.39 is 0 Å². The number of aromatic nitrogens is 2. The van der Waals surface area contributed by atoms with E-state index in [1.54, 1.807) is 0 Å². The Bertz CT molecular complexity index is 1330. The van der Waals surface area contributed by atoms with Crippen molar-refractivity contribution in [3.63, 3.8) is 0 Å². The van der Waals surface area contributed by atoms with Gasteiger partial charge < -0.3 is 19.9 Å². The minimum atomic E-state index is -0.385. The summed E-state index contributed by atoms with van der Waals surface area (Å²) in [6.45, 7) is 7.33. The summed E-state index contributed by atoms with van der Waals surface area (Å²) >= 11 is 0. The number of halogens is 2. The van der Waals surface area contributed by atoms with Gasteiger partial charge in [-0.15, -0.1) is 0 Å². The van der Waals surface area contributed by atoms with Crippen molar-refractivity contribution in [2.75, 3.05) is 43.5 Å². The van der Waals surface area contributed by atoms with E-state index in [1.165, 1.54) is 12.1 Å². The molecule has 0 bridgehead atoms. The number of hydrogen-bond acceptors (Lipinski definition) is 6. The highest BCUT2D eigenvalue weighted by Gasteiger charge is 2.30. The predicted molar refractivity (Wildman–Crippen MR) is 147 cm³/mol. The topological polar surface area (TPSA) is 53.5 Å². The Morgan fingerprint density at radius 2 is 1.71 bits per heavy atom. The summed E-state index contributed by atoms with van der Waals surface area (Å²) in [5, 5.41) is 3.18. The van der Waals surface area contributed by atoms with Gasteiger partial charge in [0.1, 0.15) is 12.4 Å². The first kappa shape index (κ1) is 25.0. The van der Waals surface area contributed by atoms with Gasteiger partial charge in [-0.3, -0.25) is 0 Å². The third kappa shape index (κ3) is 4.94. The average molecular weight is 520 g/mol. The van der Waals surface area contributed by atoms with Gasteiger partial charge >= 0.3 is 0 Å². The average Bonchev–Trinajstić information content (AvgIpc) is 3.75. The predicted octanol–water partition coefficient (Wildman–Crippen LogP) is 6.46. The standard InChI is InChI=1S/C30H35F2N5O/c1-18(2)37-12-13-38-29-26(32)14-21(15-27(29)37)28-24(19-4-5-19)17-33-30(35-28)34-22-6-7-23(25(31)16-22)20-8-10-36(3)11-9-20/h6-7,14-20H,4-5,8-13H2,1-3H3,(H,33,34,35). The maximum atomic E-state index is 15.3. The molecule has 1 N–H and O–H groups in total. The molecule has 2 aromatic carbocycles. The number of anilines is 3. The number of fused-ring (bicyclic) bond motifs is 1. The summed E-state index contributed by atoms with van der Waals surface area (Å²) in [7, 11) is 2.11. The van der Waals surface area contributed by atoms with Gasteiger partial charge in [-0.25, -0.2) is 18.7 Å². The Labute approximate surface area is 223 Å². The highest BCUT2D eigenvalue weighted by Crippen LogP contribution is 2.46. The van der Waals surface area contributed by atoms with E-state index >= 15 is 8.78 Å². The van der Waals surface area contributed by atoms with Crippen molar-refractivity contribution in [1.82, 2.24) is 14.9 Å². The fourth-order valence-electron chi connectivity index (χ4n) is 5.74. The zero-order chi connectivity index (χ0) is 26.4. The van der Waals surface area contributed by atoms with Crippen LogP contribution in [0.15, 0.2) is 36.5 Å². The summed E-state index contributed by atoms with van der Waals surface area (Å²) in [6.07, 6.45) is 5.90. The van der Waals surface area contributed by atoms with Gasteiger partial charge in [-0.1, -0.05) is 6.07 Å². The van der Waals surface area contributed by atoms with E-state index in [0.29, 0.717) is 47.7 Å². The van der Waals surface area contributed by atoms with Crippen LogP contribution in [-0.4, -0.2) is 54.2 Å². The number of hydrogen-bond donors (Lipinski definition) is 1. The van der Waals surface area contributed by atoms with Crippen molar-refractivity contribution < 1.29 is 13.5 Å². The van der Waals surface area contributed by atoms with Crippen molar-refractivity contribution in [1.29, 1.82) is 0 Å². The van der Waals surface area contributed by atoms with E-state index in [4.69, 9.17) is 9.72 Å². The van der Waals surface area contributed by atoms with Crippen LogP contribution >= 0.6 is 0 Å². The molecule has 2 aliphatic heterocycles. The van der Waals surface area contributed by atoms with Crippen LogP contribution in [0.2, 0.25) is 0 Å². The Hall–Kier alpha value is -3.26. The minimum Gasteiger partial charge on any atom is -0.486 e. The van der Waals surface area contributed by atoms with E-state index in [1.807, 2.05) is 24.4 Å². The van der Waals surface area contributed by atoms with Crippen LogP contribution in [0.4, 0.5) is 26.1 Å². The number of rotatable bonds is 6. The Balaban J connectivity index is 1.31. The van der Waals surface area contributed by atoms with Crippen LogP contribution in [-0.2, 0) is 0 Å². The molecule has 6 rings (SSSR count). The number of benzene rings is 2. The molecule has 6 nitrogen and oxygen atoms in total. The van der Waals surface area contributed by atoms with Gasteiger partial charge in [-0.05, 0) is 101 Å². The second kappa shape index (κ2) is 10.1. The molecule has 2 fully saturated rings. The molecule has 0 unspecified atom stereocenters. The van der Waals surface area contributed by atoms with Crippen molar-refractivity contribution in [3.05, 3.63) is 59.3 Å².